The van der Waals surface area contributed by atoms with Gasteiger partial charge in [0, 0.05) is 25.7 Å². The van der Waals surface area contributed by atoms with E-state index in [1.165, 1.54) is 25.8 Å². The van der Waals surface area contributed by atoms with E-state index in [1.807, 2.05) is 0 Å². The Labute approximate surface area is 110 Å². The van der Waals surface area contributed by atoms with Gasteiger partial charge >= 0.3 is 0 Å². The van der Waals surface area contributed by atoms with Gasteiger partial charge in [-0.05, 0) is 45.7 Å². The molecule has 0 aromatic heterocycles. The van der Waals surface area contributed by atoms with Crippen LogP contribution in [0.25, 0.3) is 0 Å². The first-order valence-electron chi connectivity index (χ1n) is 7.50. The summed E-state index contributed by atoms with van der Waals surface area (Å²) in [6.07, 6.45) is 6.12. The van der Waals surface area contributed by atoms with Crippen molar-refractivity contribution in [3.8, 4) is 0 Å². The van der Waals surface area contributed by atoms with Crippen LogP contribution in [0.5, 0.6) is 0 Å². The average Bonchev–Trinajstić information content (AvgIpc) is 2.90. The number of hydrogen-bond donors (Lipinski definition) is 2. The van der Waals surface area contributed by atoms with Crippen LogP contribution in [0.2, 0.25) is 0 Å². The Kier molecular flexibility index (Phi) is 5.45. The van der Waals surface area contributed by atoms with Crippen LogP contribution in [0.1, 0.15) is 39.0 Å². The first-order valence-corrected chi connectivity index (χ1v) is 7.50. The molecule has 1 amide bonds. The van der Waals surface area contributed by atoms with Gasteiger partial charge in [-0.25, -0.2) is 0 Å². The fourth-order valence-electron chi connectivity index (χ4n) is 3.01. The van der Waals surface area contributed by atoms with E-state index in [-0.39, 0.29) is 11.8 Å². The van der Waals surface area contributed by atoms with Crippen LogP contribution in [0.3, 0.4) is 0 Å². The van der Waals surface area contributed by atoms with Crippen LogP contribution in [-0.2, 0) is 4.79 Å². The fourth-order valence-corrected chi connectivity index (χ4v) is 3.01. The maximum Gasteiger partial charge on any atom is 0.224 e. The normalized spacial score (nSPS) is 29.4. The topological polar surface area (TPSA) is 44.4 Å². The third kappa shape index (κ3) is 3.95. The molecule has 2 saturated heterocycles. The van der Waals surface area contributed by atoms with E-state index in [4.69, 9.17) is 0 Å². The quantitative estimate of drug-likeness (QED) is 0.718. The molecule has 2 aliphatic rings. The molecule has 2 heterocycles. The van der Waals surface area contributed by atoms with E-state index < -0.39 is 0 Å². The summed E-state index contributed by atoms with van der Waals surface area (Å²) in [5.41, 5.74) is 0. The molecule has 0 aliphatic carbocycles. The SMILES string of the molecule is CC1CCCCN1CCCNC(=O)C1CCNC1. The minimum absolute atomic E-state index is 0.207. The molecular formula is C14H27N3O. The van der Waals surface area contributed by atoms with Crippen molar-refractivity contribution in [2.75, 3.05) is 32.7 Å². The minimum Gasteiger partial charge on any atom is -0.356 e. The van der Waals surface area contributed by atoms with Gasteiger partial charge in [0.1, 0.15) is 0 Å². The van der Waals surface area contributed by atoms with Crippen LogP contribution < -0.4 is 10.6 Å². The molecule has 0 bridgehead atoms. The molecular weight excluding hydrogens is 226 g/mol. The van der Waals surface area contributed by atoms with Gasteiger partial charge in [0.15, 0.2) is 0 Å². The van der Waals surface area contributed by atoms with E-state index in [1.54, 1.807) is 0 Å². The van der Waals surface area contributed by atoms with E-state index in [2.05, 4.69) is 22.5 Å². The van der Waals surface area contributed by atoms with Gasteiger partial charge in [0.25, 0.3) is 0 Å². The number of carbonyl (C=O) groups excluding carboxylic acids is 1. The Morgan fingerprint density at radius 1 is 1.39 bits per heavy atom. The highest BCUT2D eigenvalue weighted by Crippen LogP contribution is 2.16. The van der Waals surface area contributed by atoms with Crippen molar-refractivity contribution >= 4 is 5.91 Å². The maximum atomic E-state index is 11.8. The van der Waals surface area contributed by atoms with Crippen LogP contribution >= 0.6 is 0 Å². The van der Waals surface area contributed by atoms with Gasteiger partial charge in [-0.3, -0.25) is 4.79 Å². The zero-order valence-corrected chi connectivity index (χ0v) is 11.6. The molecule has 2 atom stereocenters. The third-order valence-electron chi connectivity index (χ3n) is 4.29. The first-order chi connectivity index (χ1) is 8.77. The summed E-state index contributed by atoms with van der Waals surface area (Å²) in [5, 5.41) is 6.31. The molecule has 2 aliphatic heterocycles. The Morgan fingerprint density at radius 3 is 3.00 bits per heavy atom. The summed E-state index contributed by atoms with van der Waals surface area (Å²) in [5.74, 6) is 0.450. The molecule has 4 heteroatoms. The summed E-state index contributed by atoms with van der Waals surface area (Å²) in [4.78, 5) is 14.4. The number of nitrogens with one attached hydrogen (secondary N) is 2. The van der Waals surface area contributed by atoms with Gasteiger partial charge in [-0.15, -0.1) is 0 Å². The zero-order chi connectivity index (χ0) is 12.8. The number of amides is 1. The molecule has 0 radical (unpaired) electrons. The van der Waals surface area contributed by atoms with Crippen molar-refractivity contribution in [3.05, 3.63) is 0 Å². The van der Waals surface area contributed by atoms with Crippen LogP contribution in [0.4, 0.5) is 0 Å². The number of likely N-dealkylation sites (tertiary alicyclic amines) is 1. The molecule has 0 aromatic rings. The number of rotatable bonds is 5. The molecule has 0 spiro atoms. The lowest BCUT2D eigenvalue weighted by Gasteiger charge is -2.33. The summed E-state index contributed by atoms with van der Waals surface area (Å²) in [7, 11) is 0. The molecule has 104 valence electrons. The fraction of sp³-hybridized carbons (Fsp3) is 0.929. The van der Waals surface area contributed by atoms with E-state index >= 15 is 0 Å². The lowest BCUT2D eigenvalue weighted by molar-refractivity contribution is -0.124. The Balaban J connectivity index is 1.56. The zero-order valence-electron chi connectivity index (χ0n) is 11.6. The molecule has 18 heavy (non-hydrogen) atoms. The monoisotopic (exact) mass is 253 g/mol. The molecule has 2 unspecified atom stereocenters. The van der Waals surface area contributed by atoms with Crippen molar-refractivity contribution < 1.29 is 4.79 Å². The van der Waals surface area contributed by atoms with Gasteiger partial charge in [0.2, 0.25) is 5.91 Å². The van der Waals surface area contributed by atoms with Crippen molar-refractivity contribution in [1.29, 1.82) is 0 Å². The summed E-state index contributed by atoms with van der Waals surface area (Å²) in [6, 6.07) is 0.730. The number of carbonyl (C=O) groups is 1. The highest BCUT2D eigenvalue weighted by Gasteiger charge is 2.22. The highest BCUT2D eigenvalue weighted by atomic mass is 16.1. The summed E-state index contributed by atoms with van der Waals surface area (Å²) < 4.78 is 0. The number of piperidine rings is 1. The standard InChI is InChI=1S/C14H27N3O/c1-12-5-2-3-9-17(12)10-4-7-16-14(18)13-6-8-15-11-13/h12-13,15H,2-11H2,1H3,(H,16,18). The highest BCUT2D eigenvalue weighted by molar-refractivity contribution is 5.79. The van der Waals surface area contributed by atoms with E-state index in [9.17, 15) is 4.79 Å². The van der Waals surface area contributed by atoms with Crippen LogP contribution in [0, 0.1) is 5.92 Å². The average molecular weight is 253 g/mol. The largest absolute Gasteiger partial charge is 0.356 e. The Morgan fingerprint density at radius 2 is 2.28 bits per heavy atom. The maximum absolute atomic E-state index is 11.8. The van der Waals surface area contributed by atoms with Crippen LogP contribution in [-0.4, -0.2) is 49.6 Å². The number of hydrogen-bond acceptors (Lipinski definition) is 3. The van der Waals surface area contributed by atoms with Crippen molar-refractivity contribution in [1.82, 2.24) is 15.5 Å². The second-order valence-electron chi connectivity index (χ2n) is 5.72. The van der Waals surface area contributed by atoms with E-state index in [0.29, 0.717) is 0 Å². The van der Waals surface area contributed by atoms with Crippen LogP contribution in [0.15, 0.2) is 0 Å². The molecule has 0 saturated carbocycles. The van der Waals surface area contributed by atoms with Crippen molar-refractivity contribution in [2.24, 2.45) is 5.92 Å². The predicted octanol–water partition coefficient (Wildman–Crippen LogP) is 0.977. The summed E-state index contributed by atoms with van der Waals surface area (Å²) in [6.45, 7) is 7.37. The molecule has 4 nitrogen and oxygen atoms in total. The molecule has 2 fully saturated rings. The molecule has 0 aromatic carbocycles. The summed E-state index contributed by atoms with van der Waals surface area (Å²) >= 11 is 0. The minimum atomic E-state index is 0.207. The van der Waals surface area contributed by atoms with Crippen molar-refractivity contribution in [2.45, 2.75) is 45.1 Å². The van der Waals surface area contributed by atoms with Gasteiger partial charge in [-0.1, -0.05) is 6.42 Å². The predicted molar refractivity (Wildman–Crippen MR) is 73.5 cm³/mol. The second-order valence-corrected chi connectivity index (χ2v) is 5.72. The van der Waals surface area contributed by atoms with Gasteiger partial charge in [-0.2, -0.15) is 0 Å². The third-order valence-corrected chi connectivity index (χ3v) is 4.29. The van der Waals surface area contributed by atoms with Gasteiger partial charge in [0.05, 0.1) is 5.92 Å². The lowest BCUT2D eigenvalue weighted by atomic mass is 10.0. The smallest absolute Gasteiger partial charge is 0.224 e. The molecule has 2 N–H and O–H groups in total. The first kappa shape index (κ1) is 13.8. The second kappa shape index (κ2) is 7.10. The Hall–Kier alpha value is -0.610. The van der Waals surface area contributed by atoms with E-state index in [0.717, 1.165) is 45.1 Å². The molecule has 2 rings (SSSR count). The number of nitrogens with zero attached hydrogens (tertiary/aromatic N) is 1. The van der Waals surface area contributed by atoms with Gasteiger partial charge < -0.3 is 15.5 Å². The Bertz CT molecular complexity index is 264. The lowest BCUT2D eigenvalue weighted by Crippen LogP contribution is -2.40. The van der Waals surface area contributed by atoms with Crippen molar-refractivity contribution in [3.63, 3.8) is 0 Å².